The second-order valence-electron chi connectivity index (χ2n) is 1.30. The van der Waals surface area contributed by atoms with E-state index < -0.39 is 18.4 Å². The fourth-order valence-corrected chi connectivity index (χ4v) is 0.276. The third-order valence-electron chi connectivity index (χ3n) is 0.647. The summed E-state index contributed by atoms with van der Waals surface area (Å²) in [5, 5.41) is 8.08. The Bertz CT molecular complexity index is 118. The number of aliphatic hydroxyl groups is 1. The van der Waals surface area contributed by atoms with Gasteiger partial charge in [-0.05, 0) is 6.92 Å². The van der Waals surface area contributed by atoms with Gasteiger partial charge in [-0.3, -0.25) is 4.79 Å². The van der Waals surface area contributed by atoms with Gasteiger partial charge in [-0.15, -0.1) is 0 Å². The van der Waals surface area contributed by atoms with Crippen LogP contribution in [-0.4, -0.2) is 30.1 Å². The van der Waals surface area contributed by atoms with Crippen molar-refractivity contribution < 1.29 is 19.4 Å². The largest absolute Gasteiger partial charge is 0.460 e. The molecule has 0 aliphatic carbocycles. The summed E-state index contributed by atoms with van der Waals surface area (Å²) >= 11 is 0. The van der Waals surface area contributed by atoms with Gasteiger partial charge in [0.1, 0.15) is 6.61 Å². The summed E-state index contributed by atoms with van der Waals surface area (Å²) in [4.78, 5) is 20.4. The van der Waals surface area contributed by atoms with Gasteiger partial charge in [0.15, 0.2) is 0 Å². The molecule has 0 bridgehead atoms. The predicted octanol–water partition coefficient (Wildman–Crippen LogP) is -0.889. The molecular weight excluding hydrogens is 124 g/mol. The first-order valence-corrected chi connectivity index (χ1v) is 2.53. The standard InChI is InChI=1S/C5H8O4/c1-2-9-5(8)4(7)3-6/h6H,2-3H2,1H3. The molecule has 0 spiro atoms. The summed E-state index contributed by atoms with van der Waals surface area (Å²) in [5.74, 6) is -1.88. The molecule has 0 aliphatic rings. The highest BCUT2D eigenvalue weighted by Crippen LogP contribution is 1.78. The monoisotopic (exact) mass is 132 g/mol. The minimum Gasteiger partial charge on any atom is -0.460 e. The van der Waals surface area contributed by atoms with E-state index in [-0.39, 0.29) is 6.61 Å². The maximum absolute atomic E-state index is 10.2. The van der Waals surface area contributed by atoms with Crippen LogP contribution in [0, 0.1) is 0 Å². The fraction of sp³-hybridized carbons (Fsp3) is 0.600. The van der Waals surface area contributed by atoms with E-state index in [0.717, 1.165) is 0 Å². The Morgan fingerprint density at radius 1 is 1.56 bits per heavy atom. The van der Waals surface area contributed by atoms with Crippen molar-refractivity contribution in [2.24, 2.45) is 0 Å². The Kier molecular flexibility index (Phi) is 3.62. The second kappa shape index (κ2) is 4.03. The molecule has 0 atom stereocenters. The Balaban J connectivity index is 3.60. The van der Waals surface area contributed by atoms with E-state index >= 15 is 0 Å². The molecule has 0 aromatic rings. The van der Waals surface area contributed by atoms with Crippen molar-refractivity contribution in [2.75, 3.05) is 13.2 Å². The topological polar surface area (TPSA) is 63.6 Å². The molecule has 0 aromatic heterocycles. The number of rotatable bonds is 3. The van der Waals surface area contributed by atoms with Crippen LogP contribution in [0.5, 0.6) is 0 Å². The van der Waals surface area contributed by atoms with Crippen LogP contribution in [-0.2, 0) is 14.3 Å². The lowest BCUT2D eigenvalue weighted by molar-refractivity contribution is -0.154. The summed E-state index contributed by atoms with van der Waals surface area (Å²) in [6.07, 6.45) is 0. The molecule has 9 heavy (non-hydrogen) atoms. The zero-order valence-corrected chi connectivity index (χ0v) is 5.09. The van der Waals surface area contributed by atoms with Crippen molar-refractivity contribution in [1.29, 1.82) is 0 Å². The number of carbonyl (C=O) groups excluding carboxylic acids is 2. The molecule has 52 valence electrons. The molecule has 0 rings (SSSR count). The molecule has 0 saturated heterocycles. The van der Waals surface area contributed by atoms with Gasteiger partial charge in [0, 0.05) is 0 Å². The third-order valence-corrected chi connectivity index (χ3v) is 0.647. The zero-order chi connectivity index (χ0) is 7.28. The minimum atomic E-state index is -0.972. The molecule has 0 saturated carbocycles. The SMILES string of the molecule is CCOC(=O)C(=O)CO. The molecule has 0 amide bonds. The van der Waals surface area contributed by atoms with Crippen molar-refractivity contribution in [1.82, 2.24) is 0 Å². The number of Topliss-reactive ketones (excluding diaryl/α,β-unsaturated/α-hetero) is 1. The number of esters is 1. The summed E-state index contributed by atoms with van der Waals surface area (Å²) in [5.41, 5.74) is 0. The molecule has 4 heteroatoms. The second-order valence-corrected chi connectivity index (χ2v) is 1.30. The van der Waals surface area contributed by atoms with Gasteiger partial charge < -0.3 is 9.84 Å². The van der Waals surface area contributed by atoms with Crippen LogP contribution in [0.15, 0.2) is 0 Å². The quantitative estimate of drug-likeness (QED) is 0.399. The van der Waals surface area contributed by atoms with Crippen molar-refractivity contribution in [3.8, 4) is 0 Å². The zero-order valence-electron chi connectivity index (χ0n) is 5.09. The number of hydrogen-bond acceptors (Lipinski definition) is 4. The summed E-state index contributed by atoms with van der Waals surface area (Å²) in [7, 11) is 0. The summed E-state index contributed by atoms with van der Waals surface area (Å²) in [6.45, 7) is 0.964. The van der Waals surface area contributed by atoms with E-state index in [2.05, 4.69) is 4.74 Å². The first-order valence-electron chi connectivity index (χ1n) is 2.53. The van der Waals surface area contributed by atoms with Crippen LogP contribution in [0.25, 0.3) is 0 Å². The lowest BCUT2D eigenvalue weighted by Crippen LogP contribution is -2.20. The average Bonchev–Trinajstić information content (AvgIpc) is 1.87. The molecule has 0 fully saturated rings. The number of carbonyl (C=O) groups is 2. The Hall–Kier alpha value is -0.900. The highest BCUT2D eigenvalue weighted by Gasteiger charge is 2.11. The smallest absolute Gasteiger partial charge is 0.377 e. The van der Waals surface area contributed by atoms with E-state index in [9.17, 15) is 9.59 Å². The molecular formula is C5H8O4. The maximum Gasteiger partial charge on any atom is 0.377 e. The minimum absolute atomic E-state index is 0.157. The van der Waals surface area contributed by atoms with E-state index in [4.69, 9.17) is 5.11 Å². The van der Waals surface area contributed by atoms with E-state index in [1.807, 2.05) is 0 Å². The number of aliphatic hydroxyl groups excluding tert-OH is 1. The van der Waals surface area contributed by atoms with E-state index in [0.29, 0.717) is 0 Å². The van der Waals surface area contributed by atoms with Crippen LogP contribution >= 0.6 is 0 Å². The highest BCUT2D eigenvalue weighted by molar-refractivity contribution is 6.34. The van der Waals surface area contributed by atoms with Gasteiger partial charge in [0.05, 0.1) is 6.61 Å². The molecule has 1 N–H and O–H groups in total. The average molecular weight is 132 g/mol. The van der Waals surface area contributed by atoms with Crippen LogP contribution in [0.3, 0.4) is 0 Å². The van der Waals surface area contributed by atoms with Crippen LogP contribution in [0.1, 0.15) is 6.92 Å². The molecule has 0 radical (unpaired) electrons. The van der Waals surface area contributed by atoms with Gasteiger partial charge in [-0.2, -0.15) is 0 Å². The van der Waals surface area contributed by atoms with Crippen molar-refractivity contribution in [2.45, 2.75) is 6.92 Å². The van der Waals surface area contributed by atoms with Gasteiger partial charge in [0.25, 0.3) is 5.78 Å². The van der Waals surface area contributed by atoms with Crippen molar-refractivity contribution >= 4 is 11.8 Å². The first kappa shape index (κ1) is 8.10. The normalized spacial score (nSPS) is 8.67. The van der Waals surface area contributed by atoms with E-state index in [1.54, 1.807) is 6.92 Å². The Morgan fingerprint density at radius 3 is 2.44 bits per heavy atom. The molecule has 4 nitrogen and oxygen atoms in total. The van der Waals surface area contributed by atoms with E-state index in [1.165, 1.54) is 0 Å². The number of ether oxygens (including phenoxy) is 1. The number of ketones is 1. The lowest BCUT2D eigenvalue weighted by atomic mass is 10.4. The molecule has 0 unspecified atom stereocenters. The van der Waals surface area contributed by atoms with Crippen molar-refractivity contribution in [3.05, 3.63) is 0 Å². The Labute approximate surface area is 52.4 Å². The maximum atomic E-state index is 10.2. The number of hydrogen-bond donors (Lipinski definition) is 1. The predicted molar refractivity (Wildman–Crippen MR) is 28.7 cm³/mol. The van der Waals surface area contributed by atoms with Gasteiger partial charge in [-0.1, -0.05) is 0 Å². The Morgan fingerprint density at radius 2 is 2.11 bits per heavy atom. The third kappa shape index (κ3) is 2.81. The van der Waals surface area contributed by atoms with Gasteiger partial charge in [-0.25, -0.2) is 4.79 Å². The summed E-state index contributed by atoms with van der Waals surface area (Å²) in [6, 6.07) is 0. The van der Waals surface area contributed by atoms with Gasteiger partial charge in [0.2, 0.25) is 0 Å². The van der Waals surface area contributed by atoms with Crippen molar-refractivity contribution in [3.63, 3.8) is 0 Å². The van der Waals surface area contributed by atoms with Crippen LogP contribution in [0.4, 0.5) is 0 Å². The fourth-order valence-electron chi connectivity index (χ4n) is 0.276. The highest BCUT2D eigenvalue weighted by atomic mass is 16.5. The van der Waals surface area contributed by atoms with Crippen LogP contribution in [0.2, 0.25) is 0 Å². The summed E-state index contributed by atoms with van der Waals surface area (Å²) < 4.78 is 4.25. The molecule has 0 aromatic carbocycles. The molecule has 0 aliphatic heterocycles. The first-order chi connectivity index (χ1) is 4.22. The molecule has 0 heterocycles. The van der Waals surface area contributed by atoms with Crippen LogP contribution < -0.4 is 0 Å². The van der Waals surface area contributed by atoms with Gasteiger partial charge >= 0.3 is 5.97 Å². The lowest BCUT2D eigenvalue weighted by Gasteiger charge is -1.95.